The van der Waals surface area contributed by atoms with E-state index in [1.54, 1.807) is 31.4 Å². The summed E-state index contributed by atoms with van der Waals surface area (Å²) in [5.41, 5.74) is 3.51. The first kappa shape index (κ1) is 29.4. The second kappa shape index (κ2) is 13.3. The lowest BCUT2D eigenvalue weighted by atomic mass is 10.1. The number of nitrogens with one attached hydrogen (secondary N) is 1. The number of ether oxygens (including phenoxy) is 2. The average Bonchev–Trinajstić information content (AvgIpc) is 3.69. The van der Waals surface area contributed by atoms with Crippen LogP contribution in [0.4, 0.5) is 5.82 Å². The molecule has 6 rings (SSSR count). The van der Waals surface area contributed by atoms with Gasteiger partial charge in [0.2, 0.25) is 5.91 Å². The van der Waals surface area contributed by atoms with Crippen molar-refractivity contribution in [1.82, 2.24) is 30.0 Å². The minimum atomic E-state index is -0.00190. The van der Waals surface area contributed by atoms with E-state index < -0.39 is 0 Å². The number of fused-ring (bicyclic) bond motifs is 2. The number of allylic oxidation sites excluding steroid dienone is 1. The van der Waals surface area contributed by atoms with Crippen molar-refractivity contribution in [2.45, 2.75) is 26.3 Å². The van der Waals surface area contributed by atoms with E-state index in [4.69, 9.17) is 19.4 Å². The molecule has 0 saturated carbocycles. The van der Waals surface area contributed by atoms with E-state index >= 15 is 0 Å². The highest BCUT2D eigenvalue weighted by Gasteiger charge is 2.24. The number of methoxy groups -OCH3 is 1. The number of aromatic nitrogens is 4. The normalized spacial score (nSPS) is 16.8. The SMILES string of the molecule is COCC=C(C)C(=O)CCC(=O)N1CCN(Cc2cc3nc(-c4cccc5[nH]ncc45)nc(N4CCOCC4)c3s2)CC1. The molecule has 5 heterocycles. The highest BCUT2D eigenvalue weighted by Crippen LogP contribution is 2.36. The number of morpholine rings is 1. The number of aromatic amines is 1. The molecular weight excluding hydrogens is 566 g/mol. The van der Waals surface area contributed by atoms with Gasteiger partial charge in [0, 0.05) is 81.6 Å². The molecule has 1 aromatic carbocycles. The van der Waals surface area contributed by atoms with E-state index in [9.17, 15) is 9.59 Å². The minimum absolute atomic E-state index is 0.00190. The standard InChI is InChI=1S/C31H37N7O4S/c1-21(8-15-41-2)27(39)6-7-28(40)37-11-9-36(10-12-37)20-22-18-26-29(43-22)31(38-13-16-42-17-14-38)34-30(33-26)23-4-3-5-25-24(23)19-32-35-25/h3-5,8,18-19H,6-7,9-17,20H2,1-2H3,(H,32,35). The quantitative estimate of drug-likeness (QED) is 0.271. The Bertz CT molecular complexity index is 1630. The summed E-state index contributed by atoms with van der Waals surface area (Å²) < 4.78 is 11.7. The zero-order valence-corrected chi connectivity index (χ0v) is 25.5. The van der Waals surface area contributed by atoms with Gasteiger partial charge in [0.15, 0.2) is 17.4 Å². The number of H-pyrrole nitrogens is 1. The first-order chi connectivity index (χ1) is 21.0. The first-order valence-electron chi connectivity index (χ1n) is 14.7. The maximum atomic E-state index is 12.8. The number of benzene rings is 1. The van der Waals surface area contributed by atoms with Crippen molar-refractivity contribution >= 4 is 50.0 Å². The molecule has 2 fully saturated rings. The van der Waals surface area contributed by atoms with E-state index in [2.05, 4.69) is 26.1 Å². The number of carbonyl (C=O) groups excluding carboxylic acids is 2. The summed E-state index contributed by atoms with van der Waals surface area (Å²) >= 11 is 1.75. The summed E-state index contributed by atoms with van der Waals surface area (Å²) in [6.45, 7) is 8.80. The summed E-state index contributed by atoms with van der Waals surface area (Å²) in [5.74, 6) is 1.69. The van der Waals surface area contributed by atoms with Gasteiger partial charge in [-0.15, -0.1) is 11.3 Å². The smallest absolute Gasteiger partial charge is 0.223 e. The van der Waals surface area contributed by atoms with Crippen molar-refractivity contribution in [3.8, 4) is 11.4 Å². The number of rotatable bonds is 10. The second-order valence-electron chi connectivity index (χ2n) is 11.0. The molecule has 226 valence electrons. The molecular formula is C31H37N7O4S. The molecule has 4 aromatic rings. The summed E-state index contributed by atoms with van der Waals surface area (Å²) in [6, 6.07) is 8.24. The van der Waals surface area contributed by atoms with Crippen LogP contribution in [0.25, 0.3) is 32.5 Å². The van der Waals surface area contributed by atoms with Crippen molar-refractivity contribution in [1.29, 1.82) is 0 Å². The Labute approximate surface area is 254 Å². The molecule has 0 spiro atoms. The number of hydrogen-bond acceptors (Lipinski definition) is 10. The van der Waals surface area contributed by atoms with Crippen LogP contribution < -0.4 is 4.90 Å². The van der Waals surface area contributed by atoms with Crippen LogP contribution in [-0.4, -0.2) is 108 Å². The number of Topliss-reactive ketones (excluding diaryl/α,β-unsaturated/α-hetero) is 1. The molecule has 0 aliphatic carbocycles. The number of anilines is 1. The Hall–Kier alpha value is -3.71. The molecule has 0 radical (unpaired) electrons. The van der Waals surface area contributed by atoms with Gasteiger partial charge >= 0.3 is 0 Å². The maximum absolute atomic E-state index is 12.8. The molecule has 0 unspecified atom stereocenters. The molecule has 11 nitrogen and oxygen atoms in total. The molecule has 2 aliphatic heterocycles. The predicted octanol–water partition coefficient (Wildman–Crippen LogP) is 3.66. The second-order valence-corrected chi connectivity index (χ2v) is 12.1. The lowest BCUT2D eigenvalue weighted by Gasteiger charge is -2.34. The lowest BCUT2D eigenvalue weighted by molar-refractivity contribution is -0.134. The molecule has 1 N–H and O–H groups in total. The molecule has 43 heavy (non-hydrogen) atoms. The molecule has 0 atom stereocenters. The fourth-order valence-corrected chi connectivity index (χ4v) is 6.74. The van der Waals surface area contributed by atoms with Gasteiger partial charge in [-0.25, -0.2) is 9.97 Å². The first-order valence-corrected chi connectivity index (χ1v) is 15.6. The molecule has 12 heteroatoms. The number of thiophene rings is 1. The van der Waals surface area contributed by atoms with Crippen LogP contribution >= 0.6 is 11.3 Å². The van der Waals surface area contributed by atoms with Gasteiger partial charge in [-0.3, -0.25) is 19.6 Å². The molecule has 0 bridgehead atoms. The van der Waals surface area contributed by atoms with Crippen LogP contribution in [0.15, 0.2) is 42.1 Å². The third-order valence-electron chi connectivity index (χ3n) is 8.11. The number of carbonyl (C=O) groups is 2. The molecule has 3 aromatic heterocycles. The zero-order chi connectivity index (χ0) is 29.8. The summed E-state index contributed by atoms with van der Waals surface area (Å²) in [6.07, 6.45) is 4.06. The molecule has 1 amide bonds. The Balaban J connectivity index is 1.15. The summed E-state index contributed by atoms with van der Waals surface area (Å²) in [5, 5.41) is 8.27. The van der Waals surface area contributed by atoms with E-state index in [1.807, 2.05) is 29.3 Å². The van der Waals surface area contributed by atoms with Gasteiger partial charge in [-0.2, -0.15) is 5.10 Å². The van der Waals surface area contributed by atoms with Gasteiger partial charge in [0.05, 0.1) is 41.8 Å². The third kappa shape index (κ3) is 6.62. The Kier molecular flexibility index (Phi) is 9.08. The van der Waals surface area contributed by atoms with E-state index in [0.717, 1.165) is 65.2 Å². The number of piperazine rings is 1. The number of nitrogens with zero attached hydrogens (tertiary/aromatic N) is 6. The largest absolute Gasteiger partial charge is 0.381 e. The summed E-state index contributed by atoms with van der Waals surface area (Å²) in [4.78, 5) is 43.0. The van der Waals surface area contributed by atoms with E-state index in [0.29, 0.717) is 44.3 Å². The van der Waals surface area contributed by atoms with E-state index in [-0.39, 0.29) is 24.5 Å². The number of hydrogen-bond donors (Lipinski definition) is 1. The Morgan fingerprint density at radius 1 is 1.09 bits per heavy atom. The number of ketones is 1. The van der Waals surface area contributed by atoms with Gasteiger partial charge < -0.3 is 19.3 Å². The Morgan fingerprint density at radius 2 is 1.91 bits per heavy atom. The van der Waals surface area contributed by atoms with Gasteiger partial charge in [0.25, 0.3) is 0 Å². The molecule has 2 saturated heterocycles. The Morgan fingerprint density at radius 3 is 2.70 bits per heavy atom. The van der Waals surface area contributed by atoms with Crippen LogP contribution in [-0.2, 0) is 25.6 Å². The van der Waals surface area contributed by atoms with Crippen molar-refractivity contribution < 1.29 is 19.1 Å². The van der Waals surface area contributed by atoms with Crippen LogP contribution in [0.1, 0.15) is 24.6 Å². The maximum Gasteiger partial charge on any atom is 0.223 e. The van der Waals surface area contributed by atoms with Crippen LogP contribution in [0.3, 0.4) is 0 Å². The van der Waals surface area contributed by atoms with Crippen LogP contribution in [0.2, 0.25) is 0 Å². The average molecular weight is 604 g/mol. The van der Waals surface area contributed by atoms with E-state index in [1.165, 1.54) is 4.88 Å². The minimum Gasteiger partial charge on any atom is -0.381 e. The van der Waals surface area contributed by atoms with Crippen molar-refractivity contribution in [3.63, 3.8) is 0 Å². The monoisotopic (exact) mass is 603 g/mol. The topological polar surface area (TPSA) is 117 Å². The van der Waals surface area contributed by atoms with Gasteiger partial charge in [-0.05, 0) is 24.6 Å². The van der Waals surface area contributed by atoms with Crippen LogP contribution in [0.5, 0.6) is 0 Å². The molecule has 2 aliphatic rings. The lowest BCUT2D eigenvalue weighted by Crippen LogP contribution is -2.48. The van der Waals surface area contributed by atoms with Crippen molar-refractivity contribution in [2.75, 3.05) is 71.1 Å². The van der Waals surface area contributed by atoms with Gasteiger partial charge in [-0.1, -0.05) is 18.2 Å². The van der Waals surface area contributed by atoms with Gasteiger partial charge in [0.1, 0.15) is 0 Å². The van der Waals surface area contributed by atoms with Crippen molar-refractivity contribution in [3.05, 3.63) is 47.0 Å². The highest BCUT2D eigenvalue weighted by atomic mass is 32.1. The fourth-order valence-electron chi connectivity index (χ4n) is 5.59. The highest BCUT2D eigenvalue weighted by molar-refractivity contribution is 7.19. The van der Waals surface area contributed by atoms with Crippen molar-refractivity contribution in [2.24, 2.45) is 0 Å². The zero-order valence-electron chi connectivity index (χ0n) is 24.7. The predicted molar refractivity (Wildman–Crippen MR) is 167 cm³/mol. The summed E-state index contributed by atoms with van der Waals surface area (Å²) in [7, 11) is 1.59. The van der Waals surface area contributed by atoms with Crippen LogP contribution in [0, 0.1) is 0 Å². The number of amides is 1. The third-order valence-corrected chi connectivity index (χ3v) is 9.21. The fraction of sp³-hybridized carbons (Fsp3) is 0.452.